The molecule has 0 bridgehead atoms. The largest absolute Gasteiger partial charge is 0.588 e. The molecule has 0 aromatic carbocycles. The van der Waals surface area contributed by atoms with E-state index < -0.39 is 5.97 Å². The average molecular weight is 105 g/mol. The Morgan fingerprint density at radius 2 is 2.50 bits per heavy atom. The van der Waals surface area contributed by atoms with Gasteiger partial charge in [0.1, 0.15) is 0 Å². The van der Waals surface area contributed by atoms with Gasteiger partial charge in [0.25, 0.3) is 0 Å². The van der Waals surface area contributed by atoms with Gasteiger partial charge in [-0.1, -0.05) is 0 Å². The van der Waals surface area contributed by atoms with E-state index in [0.29, 0.717) is 0 Å². The summed E-state index contributed by atoms with van der Waals surface area (Å²) in [4.78, 5) is 9.82. The van der Waals surface area contributed by atoms with E-state index in [1.807, 2.05) is 0 Å². The molecule has 0 aliphatic heterocycles. The predicted molar refractivity (Wildman–Crippen MR) is 26.0 cm³/mol. The molecule has 0 aliphatic rings. The van der Waals surface area contributed by atoms with Crippen molar-refractivity contribution in [3.63, 3.8) is 0 Å². The highest BCUT2D eigenvalue weighted by Gasteiger charge is 2.03. The summed E-state index contributed by atoms with van der Waals surface area (Å²) in [5.74, 6) is -0.304. The van der Waals surface area contributed by atoms with Gasteiger partial charge >= 0.3 is 5.97 Å². The number of carbonyl (C=O) groups is 1. The van der Waals surface area contributed by atoms with Gasteiger partial charge < -0.3 is 0 Å². The van der Waals surface area contributed by atoms with E-state index >= 15 is 0 Å². The van der Waals surface area contributed by atoms with Crippen molar-refractivity contribution in [1.82, 2.24) is 0 Å². The molecule has 0 aliphatic carbocycles. The Hall–Kier alpha value is -0.310. The summed E-state index contributed by atoms with van der Waals surface area (Å²) in [6, 6.07) is 0. The van der Waals surface area contributed by atoms with E-state index in [2.05, 4.69) is 23.8 Å². The second-order valence-corrected chi connectivity index (χ2v) is 0.991. The lowest BCUT2D eigenvalue weighted by Crippen LogP contribution is -1.95. The standard InChI is InChI=1S/C3H4O2S/c1-5-3(4)2-6/h1-2H2/p+1. The number of carbonyl (C=O) groups excluding carboxylic acids is 2. The zero-order valence-corrected chi connectivity index (χ0v) is 4.07. The second-order valence-electron chi connectivity index (χ2n) is 0.674. The van der Waals surface area contributed by atoms with E-state index in [-0.39, 0.29) is 5.75 Å². The van der Waals surface area contributed by atoms with Crippen molar-refractivity contribution in [3.05, 3.63) is 0 Å². The number of hydrogen-bond acceptors (Lipinski definition) is 2. The Kier molecular flexibility index (Phi) is 2.75. The van der Waals surface area contributed by atoms with Crippen LogP contribution in [0.25, 0.3) is 0 Å². The molecule has 0 saturated carbocycles. The van der Waals surface area contributed by atoms with Crippen molar-refractivity contribution in [2.45, 2.75) is 0 Å². The quantitative estimate of drug-likeness (QED) is 0.363. The summed E-state index contributed by atoms with van der Waals surface area (Å²) in [6.45, 7) is 2.86. The summed E-state index contributed by atoms with van der Waals surface area (Å²) in [6.07, 6.45) is 0. The molecule has 0 aromatic heterocycles. The fourth-order valence-electron chi connectivity index (χ4n) is 0.0456. The molecular formula is C3H5O2S+. The van der Waals surface area contributed by atoms with E-state index in [9.17, 15) is 4.79 Å². The third-order valence-corrected chi connectivity index (χ3v) is 0.548. The van der Waals surface area contributed by atoms with Gasteiger partial charge in [-0.15, -0.1) is 0 Å². The lowest BCUT2D eigenvalue weighted by molar-refractivity contribution is -0.365. The molecule has 0 heterocycles. The summed E-state index contributed by atoms with van der Waals surface area (Å²) in [7, 11) is 0. The molecule has 6 heavy (non-hydrogen) atoms. The van der Waals surface area contributed by atoms with Crippen LogP contribution in [0.3, 0.4) is 0 Å². The third-order valence-electron chi connectivity index (χ3n) is 0.290. The van der Waals surface area contributed by atoms with Crippen molar-refractivity contribution >= 4 is 25.4 Å². The molecule has 0 spiro atoms. The number of hydrogen-bond donors (Lipinski definition) is 1. The number of thiol groups is 1. The Balaban J connectivity index is 3.23. The second kappa shape index (κ2) is 2.90. The summed E-state index contributed by atoms with van der Waals surface area (Å²) in [5, 5.41) is 0. The van der Waals surface area contributed by atoms with Crippen LogP contribution in [-0.4, -0.2) is 18.5 Å². The van der Waals surface area contributed by atoms with Gasteiger partial charge in [0.2, 0.25) is 0 Å². The highest BCUT2D eigenvalue weighted by molar-refractivity contribution is 7.81. The number of rotatable bonds is 1. The molecule has 0 rings (SSSR count). The van der Waals surface area contributed by atoms with Crippen LogP contribution in [-0.2, 0) is 9.22 Å². The molecule has 2 nitrogen and oxygen atoms in total. The average Bonchev–Trinajstić information content (AvgIpc) is 1.65. The van der Waals surface area contributed by atoms with Crippen LogP contribution in [0.4, 0.5) is 0 Å². The van der Waals surface area contributed by atoms with E-state index in [1.54, 1.807) is 0 Å². The Morgan fingerprint density at radius 3 is 2.50 bits per heavy atom. The molecule has 0 saturated heterocycles. The Morgan fingerprint density at radius 1 is 2.00 bits per heavy atom. The van der Waals surface area contributed by atoms with Crippen molar-refractivity contribution < 1.29 is 9.22 Å². The molecule has 0 radical (unpaired) electrons. The molecule has 0 amide bonds. The first-order valence-corrected chi connectivity index (χ1v) is 2.00. The molecule has 0 atom stereocenters. The van der Waals surface area contributed by atoms with Gasteiger partial charge in [-0.3, -0.25) is 4.42 Å². The molecule has 3 heteroatoms. The van der Waals surface area contributed by atoms with Crippen molar-refractivity contribution in [2.24, 2.45) is 0 Å². The van der Waals surface area contributed by atoms with E-state index in [1.165, 1.54) is 0 Å². The first kappa shape index (κ1) is 5.69. The fraction of sp³-hybridized carbons (Fsp3) is 0.333. The first-order valence-electron chi connectivity index (χ1n) is 1.37. The van der Waals surface area contributed by atoms with Crippen LogP contribution in [0.5, 0.6) is 0 Å². The highest BCUT2D eigenvalue weighted by atomic mass is 32.1. The van der Waals surface area contributed by atoms with E-state index in [4.69, 9.17) is 0 Å². The normalized spacial score (nSPS) is 7.50. The van der Waals surface area contributed by atoms with Gasteiger partial charge in [-0.2, -0.15) is 12.6 Å². The maximum atomic E-state index is 9.82. The van der Waals surface area contributed by atoms with E-state index in [0.717, 1.165) is 0 Å². The molecule has 0 unspecified atom stereocenters. The summed E-state index contributed by atoms with van der Waals surface area (Å²) >= 11 is 3.58. The Labute approximate surface area is 41.3 Å². The first-order chi connectivity index (χ1) is 2.81. The van der Waals surface area contributed by atoms with Crippen LogP contribution >= 0.6 is 12.6 Å². The van der Waals surface area contributed by atoms with Gasteiger partial charge in [-0.05, 0) is 0 Å². The maximum absolute atomic E-state index is 9.82. The maximum Gasteiger partial charge on any atom is 0.588 e. The van der Waals surface area contributed by atoms with Crippen molar-refractivity contribution in [3.8, 4) is 0 Å². The molecular weight excluding hydrogens is 100 g/mol. The zero-order chi connectivity index (χ0) is 4.99. The van der Waals surface area contributed by atoms with Crippen molar-refractivity contribution in [2.75, 3.05) is 5.75 Å². The zero-order valence-electron chi connectivity index (χ0n) is 3.18. The molecule has 0 N–H and O–H groups in total. The van der Waals surface area contributed by atoms with Crippen LogP contribution in [0, 0.1) is 0 Å². The molecule has 0 fully saturated rings. The lowest BCUT2D eigenvalue weighted by atomic mass is 10.8. The van der Waals surface area contributed by atoms with Gasteiger partial charge in [0.15, 0.2) is 12.5 Å². The van der Waals surface area contributed by atoms with Crippen LogP contribution in [0.2, 0.25) is 0 Å². The monoisotopic (exact) mass is 105 g/mol. The predicted octanol–water partition coefficient (Wildman–Crippen LogP) is -0.193. The summed E-state index contributed by atoms with van der Waals surface area (Å²) < 4.78 is 3.93. The SMILES string of the molecule is C=[O+]C(=O)CS. The van der Waals surface area contributed by atoms with Gasteiger partial charge in [0, 0.05) is 4.79 Å². The van der Waals surface area contributed by atoms with Gasteiger partial charge in [-0.25, -0.2) is 0 Å². The lowest BCUT2D eigenvalue weighted by Gasteiger charge is -1.61. The third kappa shape index (κ3) is 1.96. The summed E-state index contributed by atoms with van der Waals surface area (Å²) in [5.41, 5.74) is 0. The molecule has 34 valence electrons. The van der Waals surface area contributed by atoms with Crippen LogP contribution < -0.4 is 0 Å². The van der Waals surface area contributed by atoms with Crippen LogP contribution in [0.15, 0.2) is 0 Å². The van der Waals surface area contributed by atoms with Crippen LogP contribution in [0.1, 0.15) is 0 Å². The van der Waals surface area contributed by atoms with Gasteiger partial charge in [0.05, 0.1) is 0 Å². The minimum Gasteiger partial charge on any atom is -0.288 e. The van der Waals surface area contributed by atoms with Crippen molar-refractivity contribution in [1.29, 1.82) is 0 Å². The minimum atomic E-state index is -0.404. The topological polar surface area (TPSA) is 28.4 Å². The highest BCUT2D eigenvalue weighted by Crippen LogP contribution is 1.69. The minimum absolute atomic E-state index is 0.101. The Bertz CT molecular complexity index is 69.2. The molecule has 0 aromatic rings. The smallest absolute Gasteiger partial charge is 0.288 e. The fourth-order valence-corrected chi connectivity index (χ4v) is 0.137.